The summed E-state index contributed by atoms with van der Waals surface area (Å²) in [6.45, 7) is 0. The van der Waals surface area contributed by atoms with Crippen LogP contribution in [0.3, 0.4) is 0 Å². The first-order chi connectivity index (χ1) is 27.8. The Labute approximate surface area is 332 Å². The van der Waals surface area contributed by atoms with Crippen molar-refractivity contribution in [3.05, 3.63) is 194 Å². The van der Waals surface area contributed by atoms with E-state index in [9.17, 15) is 0 Å². The van der Waals surface area contributed by atoms with Gasteiger partial charge in [-0.2, -0.15) is 0 Å². The predicted molar refractivity (Wildman–Crippen MR) is 246 cm³/mol. The van der Waals surface area contributed by atoms with E-state index >= 15 is 0 Å². The number of rotatable bonds is 4. The first kappa shape index (κ1) is 31.7. The summed E-state index contributed by atoms with van der Waals surface area (Å²) in [4.78, 5) is 0. The summed E-state index contributed by atoms with van der Waals surface area (Å²) in [6, 6.07) is 72.0. The highest BCUT2D eigenvalue weighted by Crippen LogP contribution is 2.52. The molecule has 0 atom stereocenters. The summed E-state index contributed by atoms with van der Waals surface area (Å²) >= 11 is 3.83. The highest BCUT2D eigenvalue weighted by Gasteiger charge is 2.23. The summed E-state index contributed by atoms with van der Waals surface area (Å²) < 4.78 is 5.36. The molecule has 0 radical (unpaired) electrons. The lowest BCUT2D eigenvalue weighted by Crippen LogP contribution is -1.93. The third-order valence-corrected chi connectivity index (χ3v) is 14.0. The SMILES string of the molecule is c1ccc(-c2ccc(-c3c4ccccc4c(-c4cc5ccc6sc7ccccc7c6c5c5c4sc4ccccc45)c4ccccc34)cc2-c2ccccc2)cc1. The highest BCUT2D eigenvalue weighted by atomic mass is 32.1. The lowest BCUT2D eigenvalue weighted by atomic mass is 9.83. The Morgan fingerprint density at radius 2 is 0.786 bits per heavy atom. The zero-order chi connectivity index (χ0) is 36.7. The largest absolute Gasteiger partial charge is 0.135 e. The average Bonchev–Trinajstić information content (AvgIpc) is 3.85. The van der Waals surface area contributed by atoms with Gasteiger partial charge in [-0.15, -0.1) is 22.7 Å². The average molecular weight is 745 g/mol. The highest BCUT2D eigenvalue weighted by molar-refractivity contribution is 7.27. The fraction of sp³-hybridized carbons (Fsp3) is 0. The summed E-state index contributed by atoms with van der Waals surface area (Å²) in [7, 11) is 0. The molecule has 2 aromatic heterocycles. The van der Waals surface area contributed by atoms with Gasteiger partial charge >= 0.3 is 0 Å². The maximum absolute atomic E-state index is 2.50. The van der Waals surface area contributed by atoms with Crippen LogP contribution in [0, 0.1) is 0 Å². The van der Waals surface area contributed by atoms with Gasteiger partial charge in [0.25, 0.3) is 0 Å². The number of benzene rings is 10. The fourth-order valence-electron chi connectivity index (χ4n) is 9.27. The van der Waals surface area contributed by atoms with E-state index in [1.165, 1.54) is 117 Å². The fourth-order valence-corrected chi connectivity index (χ4v) is 11.6. The first-order valence-electron chi connectivity index (χ1n) is 19.2. The molecule has 2 heteroatoms. The molecule has 12 rings (SSSR count). The maximum Gasteiger partial charge on any atom is 0.0440 e. The summed E-state index contributed by atoms with van der Waals surface area (Å²) in [5.41, 5.74) is 10.0. The van der Waals surface area contributed by atoms with Crippen LogP contribution in [-0.2, 0) is 0 Å². The van der Waals surface area contributed by atoms with Gasteiger partial charge in [-0.25, -0.2) is 0 Å². The molecular weight excluding hydrogens is 713 g/mol. The minimum absolute atomic E-state index is 1.22. The van der Waals surface area contributed by atoms with Crippen molar-refractivity contribution < 1.29 is 0 Å². The van der Waals surface area contributed by atoms with E-state index < -0.39 is 0 Å². The molecule has 0 spiro atoms. The summed E-state index contributed by atoms with van der Waals surface area (Å²) in [6.07, 6.45) is 0. The number of thiophene rings is 2. The quantitative estimate of drug-likeness (QED) is 0.157. The molecule has 0 unspecified atom stereocenters. The van der Waals surface area contributed by atoms with E-state index in [0.717, 1.165) is 0 Å². The Balaban J connectivity index is 1.20. The lowest BCUT2D eigenvalue weighted by Gasteiger charge is -2.20. The molecule has 0 fully saturated rings. The predicted octanol–water partition coefficient (Wildman–Crippen LogP) is 16.5. The Bertz CT molecular complexity index is 3460. The molecule has 12 aromatic rings. The zero-order valence-corrected chi connectivity index (χ0v) is 31.9. The lowest BCUT2D eigenvalue weighted by molar-refractivity contribution is 1.58. The molecule has 56 heavy (non-hydrogen) atoms. The Morgan fingerprint density at radius 1 is 0.268 bits per heavy atom. The van der Waals surface area contributed by atoms with Crippen molar-refractivity contribution in [1.29, 1.82) is 0 Å². The van der Waals surface area contributed by atoms with Gasteiger partial charge in [-0.3, -0.25) is 0 Å². The molecule has 0 aliphatic rings. The molecule has 0 saturated heterocycles. The van der Waals surface area contributed by atoms with E-state index in [0.29, 0.717) is 0 Å². The van der Waals surface area contributed by atoms with Gasteiger partial charge in [0.1, 0.15) is 0 Å². The van der Waals surface area contributed by atoms with Crippen LogP contribution in [0.5, 0.6) is 0 Å². The Hall–Kier alpha value is -6.58. The van der Waals surface area contributed by atoms with Crippen LogP contribution in [0.1, 0.15) is 0 Å². The smallest absolute Gasteiger partial charge is 0.0440 e. The summed E-state index contributed by atoms with van der Waals surface area (Å²) in [5, 5.41) is 13.2. The molecular formula is C54H32S2. The zero-order valence-electron chi connectivity index (χ0n) is 30.3. The van der Waals surface area contributed by atoms with E-state index in [1.54, 1.807) is 0 Å². The molecule has 0 aliphatic carbocycles. The molecule has 0 saturated carbocycles. The molecule has 260 valence electrons. The molecule has 0 N–H and O–H groups in total. The van der Waals surface area contributed by atoms with Gasteiger partial charge in [-0.05, 0) is 96.2 Å². The number of hydrogen-bond acceptors (Lipinski definition) is 2. The van der Waals surface area contributed by atoms with Gasteiger partial charge in [0.15, 0.2) is 0 Å². The number of fused-ring (bicyclic) bond motifs is 11. The van der Waals surface area contributed by atoms with Gasteiger partial charge in [0.2, 0.25) is 0 Å². The van der Waals surface area contributed by atoms with Crippen molar-refractivity contribution in [1.82, 2.24) is 0 Å². The van der Waals surface area contributed by atoms with E-state index in [2.05, 4.69) is 194 Å². The number of hydrogen-bond donors (Lipinski definition) is 0. The van der Waals surface area contributed by atoms with Crippen molar-refractivity contribution in [3.8, 4) is 44.5 Å². The Morgan fingerprint density at radius 3 is 1.43 bits per heavy atom. The van der Waals surface area contributed by atoms with Gasteiger partial charge < -0.3 is 0 Å². The van der Waals surface area contributed by atoms with Crippen molar-refractivity contribution in [3.63, 3.8) is 0 Å². The minimum Gasteiger partial charge on any atom is -0.135 e. The van der Waals surface area contributed by atoms with Gasteiger partial charge in [-0.1, -0.05) is 164 Å². The normalized spacial score (nSPS) is 11.9. The second-order valence-corrected chi connectivity index (χ2v) is 16.8. The molecule has 0 aliphatic heterocycles. The molecule has 0 nitrogen and oxygen atoms in total. The topological polar surface area (TPSA) is 0 Å². The monoisotopic (exact) mass is 744 g/mol. The van der Waals surface area contributed by atoms with Gasteiger partial charge in [0.05, 0.1) is 0 Å². The van der Waals surface area contributed by atoms with Crippen LogP contribution in [0.4, 0.5) is 0 Å². The standard InChI is InChI=1S/C54H32S2/c1-3-15-33(16-4-1)37-29-27-35(31-44(37)34-17-5-2-6-18-34)49-38-19-7-9-21-40(38)51(41-22-10-8-20-39(41)49)45-32-36-28-30-48-52(42-23-11-13-25-46(42)55-48)50(36)53-43-24-12-14-26-47(43)56-54(45)53/h1-32H. The molecule has 10 aromatic carbocycles. The van der Waals surface area contributed by atoms with Crippen LogP contribution < -0.4 is 0 Å². The Kier molecular flexibility index (Phi) is 7.07. The van der Waals surface area contributed by atoms with Crippen molar-refractivity contribution in [2.45, 2.75) is 0 Å². The molecule has 0 bridgehead atoms. The van der Waals surface area contributed by atoms with Crippen molar-refractivity contribution in [2.75, 3.05) is 0 Å². The third-order valence-electron chi connectivity index (χ3n) is 11.6. The van der Waals surface area contributed by atoms with Crippen LogP contribution >= 0.6 is 22.7 Å². The van der Waals surface area contributed by atoms with E-state index in [-0.39, 0.29) is 0 Å². The van der Waals surface area contributed by atoms with E-state index in [4.69, 9.17) is 0 Å². The van der Waals surface area contributed by atoms with Crippen molar-refractivity contribution >= 4 is 95.3 Å². The second kappa shape index (κ2) is 12.5. The van der Waals surface area contributed by atoms with E-state index in [1.807, 2.05) is 22.7 Å². The van der Waals surface area contributed by atoms with Crippen LogP contribution in [0.2, 0.25) is 0 Å². The molecule has 2 heterocycles. The second-order valence-electron chi connectivity index (χ2n) is 14.7. The summed E-state index contributed by atoms with van der Waals surface area (Å²) in [5.74, 6) is 0. The van der Waals surface area contributed by atoms with Crippen LogP contribution in [-0.4, -0.2) is 0 Å². The first-order valence-corrected chi connectivity index (χ1v) is 20.8. The minimum atomic E-state index is 1.22. The molecule has 0 amide bonds. The van der Waals surface area contributed by atoms with Crippen molar-refractivity contribution in [2.24, 2.45) is 0 Å². The van der Waals surface area contributed by atoms with Gasteiger partial charge in [0, 0.05) is 51.3 Å². The maximum atomic E-state index is 2.50. The van der Waals surface area contributed by atoms with Crippen LogP contribution in [0.25, 0.3) is 117 Å². The van der Waals surface area contributed by atoms with Crippen LogP contribution in [0.15, 0.2) is 194 Å². The third kappa shape index (κ3) is 4.70.